The van der Waals surface area contributed by atoms with Gasteiger partial charge in [-0.15, -0.1) is 0 Å². The van der Waals surface area contributed by atoms with Gasteiger partial charge in [0.25, 0.3) is 0 Å². The number of nitrogens with one attached hydrogen (secondary N) is 1. The summed E-state index contributed by atoms with van der Waals surface area (Å²) in [5, 5.41) is 9.87. The van der Waals surface area contributed by atoms with E-state index in [1.54, 1.807) is 0 Å². The Morgan fingerprint density at radius 3 is 2.20 bits per heavy atom. The topological polar surface area (TPSA) is 66.4 Å². The molecule has 0 aromatic heterocycles. The summed E-state index contributed by atoms with van der Waals surface area (Å²) < 4.78 is 89.8. The second-order valence-electron chi connectivity index (χ2n) is 5.06. The fraction of sp³-hybridized carbons (Fsp3) is 0.200. The second kappa shape index (κ2) is 7.06. The molecule has 2 N–H and O–H groups in total. The summed E-state index contributed by atoms with van der Waals surface area (Å²) in [5.41, 5.74) is -0.902. The largest absolute Gasteiger partial charge is 0.416 e. The average Bonchev–Trinajstić information content (AvgIpc) is 2.54. The van der Waals surface area contributed by atoms with E-state index in [0.717, 1.165) is 30.3 Å². The second-order valence-corrected chi connectivity index (χ2v) is 6.80. The summed E-state index contributed by atoms with van der Waals surface area (Å²) in [4.78, 5) is -0.938. The maximum atomic E-state index is 13.5. The molecule has 0 aliphatic heterocycles. The van der Waals surface area contributed by atoms with Crippen molar-refractivity contribution in [1.82, 2.24) is 4.72 Å². The van der Waals surface area contributed by atoms with E-state index in [2.05, 4.69) is 0 Å². The fourth-order valence-electron chi connectivity index (χ4n) is 1.96. The molecular weight excluding hydrogens is 369 g/mol. The SMILES string of the molecule is O=S(=O)(NCC(O)c1ccc(C(F)(F)F)cc1)c1cc(F)ccc1F. The molecule has 2 aromatic carbocycles. The quantitative estimate of drug-likeness (QED) is 0.783. The molecule has 1 atom stereocenters. The molecule has 0 radical (unpaired) electrons. The van der Waals surface area contributed by atoms with Gasteiger partial charge in [0.15, 0.2) is 0 Å². The lowest BCUT2D eigenvalue weighted by atomic mass is 10.1. The molecule has 0 bridgehead atoms. The van der Waals surface area contributed by atoms with E-state index < -0.39 is 50.9 Å². The summed E-state index contributed by atoms with van der Waals surface area (Å²) in [7, 11) is -4.45. The van der Waals surface area contributed by atoms with Crippen LogP contribution < -0.4 is 4.72 Å². The Kier molecular flexibility index (Phi) is 5.45. The first-order chi connectivity index (χ1) is 11.5. The number of aliphatic hydroxyl groups is 1. The number of hydrogen-bond donors (Lipinski definition) is 2. The molecule has 2 rings (SSSR count). The molecule has 0 amide bonds. The molecule has 25 heavy (non-hydrogen) atoms. The van der Waals surface area contributed by atoms with Crippen LogP contribution in [0.5, 0.6) is 0 Å². The van der Waals surface area contributed by atoms with E-state index in [1.807, 2.05) is 4.72 Å². The zero-order valence-electron chi connectivity index (χ0n) is 12.4. The first kappa shape index (κ1) is 19.3. The van der Waals surface area contributed by atoms with Crippen molar-refractivity contribution < 1.29 is 35.5 Å². The highest BCUT2D eigenvalue weighted by Crippen LogP contribution is 2.30. The highest BCUT2D eigenvalue weighted by Gasteiger charge is 2.30. The van der Waals surface area contributed by atoms with E-state index in [1.165, 1.54) is 0 Å². The van der Waals surface area contributed by atoms with Gasteiger partial charge < -0.3 is 5.11 Å². The molecule has 136 valence electrons. The summed E-state index contributed by atoms with van der Waals surface area (Å²) in [6.45, 7) is -0.635. The van der Waals surface area contributed by atoms with Crippen LogP contribution in [-0.2, 0) is 16.2 Å². The molecule has 0 heterocycles. The van der Waals surface area contributed by atoms with Crippen molar-refractivity contribution >= 4 is 10.0 Å². The number of aliphatic hydroxyl groups excluding tert-OH is 1. The lowest BCUT2D eigenvalue weighted by molar-refractivity contribution is -0.137. The lowest BCUT2D eigenvalue weighted by Crippen LogP contribution is -2.29. The Bertz CT molecular complexity index is 850. The highest BCUT2D eigenvalue weighted by atomic mass is 32.2. The van der Waals surface area contributed by atoms with Gasteiger partial charge in [0.1, 0.15) is 16.5 Å². The average molecular weight is 381 g/mol. The Morgan fingerprint density at radius 2 is 1.64 bits per heavy atom. The number of benzene rings is 2. The maximum absolute atomic E-state index is 13.5. The van der Waals surface area contributed by atoms with Gasteiger partial charge in [0.2, 0.25) is 10.0 Å². The third-order valence-electron chi connectivity index (χ3n) is 3.27. The van der Waals surface area contributed by atoms with Crippen LogP contribution in [0.1, 0.15) is 17.2 Å². The van der Waals surface area contributed by atoms with Crippen molar-refractivity contribution in [3.63, 3.8) is 0 Å². The van der Waals surface area contributed by atoms with Gasteiger partial charge in [-0.25, -0.2) is 21.9 Å². The van der Waals surface area contributed by atoms with E-state index in [0.29, 0.717) is 12.1 Å². The summed E-state index contributed by atoms with van der Waals surface area (Å²) >= 11 is 0. The molecule has 0 fully saturated rings. The Hall–Kier alpha value is -2.04. The van der Waals surface area contributed by atoms with Crippen molar-refractivity contribution in [1.29, 1.82) is 0 Å². The normalized spacial score (nSPS) is 13.7. The van der Waals surface area contributed by atoms with Gasteiger partial charge in [-0.1, -0.05) is 12.1 Å². The van der Waals surface area contributed by atoms with Crippen molar-refractivity contribution in [3.05, 3.63) is 65.2 Å². The van der Waals surface area contributed by atoms with Gasteiger partial charge >= 0.3 is 6.18 Å². The predicted octanol–water partition coefficient (Wildman–Crippen LogP) is 3.00. The molecule has 2 aromatic rings. The number of rotatable bonds is 5. The van der Waals surface area contributed by atoms with Crippen LogP contribution in [0.2, 0.25) is 0 Å². The molecule has 0 saturated carbocycles. The smallest absolute Gasteiger partial charge is 0.387 e. The maximum Gasteiger partial charge on any atom is 0.416 e. The Morgan fingerprint density at radius 1 is 1.04 bits per heavy atom. The Balaban J connectivity index is 2.11. The molecule has 1 unspecified atom stereocenters. The summed E-state index contributed by atoms with van der Waals surface area (Å²) in [6.07, 6.45) is -6.02. The third kappa shape index (κ3) is 4.74. The molecule has 0 aliphatic carbocycles. The Labute approximate surface area is 140 Å². The fourth-order valence-corrected chi connectivity index (χ4v) is 3.09. The minimum absolute atomic E-state index is 0.0235. The predicted molar refractivity (Wildman–Crippen MR) is 78.0 cm³/mol. The molecule has 0 aliphatic rings. The molecule has 0 saturated heterocycles. The molecule has 0 spiro atoms. The zero-order chi connectivity index (χ0) is 18.8. The third-order valence-corrected chi connectivity index (χ3v) is 4.71. The van der Waals surface area contributed by atoms with E-state index in [-0.39, 0.29) is 5.56 Å². The number of halogens is 5. The number of hydrogen-bond acceptors (Lipinski definition) is 3. The van der Waals surface area contributed by atoms with Crippen molar-refractivity contribution in [2.45, 2.75) is 17.2 Å². The molecular formula is C15H12F5NO3S. The highest BCUT2D eigenvalue weighted by molar-refractivity contribution is 7.89. The standard InChI is InChI=1S/C15H12F5NO3S/c16-11-5-6-12(17)14(7-11)25(23,24)21-8-13(22)9-1-3-10(4-2-9)15(18,19)20/h1-7,13,21-22H,8H2. The summed E-state index contributed by atoms with van der Waals surface area (Å²) in [6, 6.07) is 5.30. The number of alkyl halides is 3. The monoisotopic (exact) mass is 381 g/mol. The van der Waals surface area contributed by atoms with Crippen LogP contribution in [0.15, 0.2) is 47.4 Å². The van der Waals surface area contributed by atoms with Crippen LogP contribution in [0, 0.1) is 11.6 Å². The molecule has 4 nitrogen and oxygen atoms in total. The van der Waals surface area contributed by atoms with Crippen LogP contribution in [-0.4, -0.2) is 20.1 Å². The van der Waals surface area contributed by atoms with Crippen molar-refractivity contribution in [3.8, 4) is 0 Å². The number of sulfonamides is 1. The van der Waals surface area contributed by atoms with Gasteiger partial charge in [-0.05, 0) is 35.9 Å². The first-order valence-electron chi connectivity index (χ1n) is 6.80. The van der Waals surface area contributed by atoms with Crippen LogP contribution in [0.4, 0.5) is 22.0 Å². The van der Waals surface area contributed by atoms with E-state index in [9.17, 15) is 35.5 Å². The zero-order valence-corrected chi connectivity index (χ0v) is 13.2. The van der Waals surface area contributed by atoms with E-state index in [4.69, 9.17) is 0 Å². The molecule has 10 heteroatoms. The van der Waals surface area contributed by atoms with Gasteiger partial charge in [0.05, 0.1) is 11.7 Å². The van der Waals surface area contributed by atoms with Crippen molar-refractivity contribution in [2.75, 3.05) is 6.54 Å². The van der Waals surface area contributed by atoms with Crippen molar-refractivity contribution in [2.24, 2.45) is 0 Å². The van der Waals surface area contributed by atoms with Gasteiger partial charge in [-0.3, -0.25) is 0 Å². The summed E-state index contributed by atoms with van der Waals surface area (Å²) in [5.74, 6) is -2.15. The van der Waals surface area contributed by atoms with Crippen LogP contribution >= 0.6 is 0 Å². The minimum Gasteiger partial charge on any atom is -0.387 e. The van der Waals surface area contributed by atoms with E-state index >= 15 is 0 Å². The van der Waals surface area contributed by atoms with Crippen LogP contribution in [0.3, 0.4) is 0 Å². The first-order valence-corrected chi connectivity index (χ1v) is 8.29. The minimum atomic E-state index is -4.54. The lowest BCUT2D eigenvalue weighted by Gasteiger charge is -2.14. The van der Waals surface area contributed by atoms with Gasteiger partial charge in [-0.2, -0.15) is 13.2 Å². The van der Waals surface area contributed by atoms with Gasteiger partial charge in [0, 0.05) is 6.54 Å². The van der Waals surface area contributed by atoms with Crippen LogP contribution in [0.25, 0.3) is 0 Å².